The molecule has 0 atom stereocenters. The zero-order valence-electron chi connectivity index (χ0n) is 11.1. The second-order valence-corrected chi connectivity index (χ2v) is 6.28. The lowest BCUT2D eigenvalue weighted by molar-refractivity contribution is 0.580. The van der Waals surface area contributed by atoms with Gasteiger partial charge in [0.25, 0.3) is 0 Å². The van der Waals surface area contributed by atoms with Crippen molar-refractivity contribution < 1.29 is 12.8 Å². The third-order valence-corrected chi connectivity index (χ3v) is 4.17. The zero-order chi connectivity index (χ0) is 15.3. The van der Waals surface area contributed by atoms with Crippen molar-refractivity contribution in [2.75, 3.05) is 0 Å². The summed E-state index contributed by atoms with van der Waals surface area (Å²) in [5.41, 5.74) is 1.45. The molecule has 0 saturated heterocycles. The van der Waals surface area contributed by atoms with Gasteiger partial charge >= 0.3 is 0 Å². The fourth-order valence-electron chi connectivity index (χ4n) is 1.81. The maximum atomic E-state index is 12.8. The Bertz CT molecular complexity index is 765. The molecule has 2 aromatic carbocycles. The Morgan fingerprint density at radius 1 is 1.10 bits per heavy atom. The van der Waals surface area contributed by atoms with Crippen LogP contribution in [0.5, 0.6) is 0 Å². The van der Waals surface area contributed by atoms with E-state index in [0.29, 0.717) is 16.7 Å². The first-order valence-electron chi connectivity index (χ1n) is 6.20. The minimum absolute atomic E-state index is 0.0807. The van der Waals surface area contributed by atoms with E-state index in [4.69, 9.17) is 5.26 Å². The fourth-order valence-corrected chi connectivity index (χ4v) is 2.96. The lowest BCUT2D eigenvalue weighted by Gasteiger charge is -2.08. The van der Waals surface area contributed by atoms with Gasteiger partial charge in [-0.3, -0.25) is 0 Å². The molecule has 0 radical (unpaired) electrons. The fraction of sp³-hybridized carbons (Fsp3) is 0.133. The Kier molecular flexibility index (Phi) is 4.68. The van der Waals surface area contributed by atoms with E-state index in [0.717, 1.165) is 0 Å². The molecule has 0 unspecified atom stereocenters. The Morgan fingerprint density at radius 3 is 2.43 bits per heavy atom. The highest BCUT2D eigenvalue weighted by Gasteiger charge is 2.13. The van der Waals surface area contributed by atoms with Crippen LogP contribution in [0.15, 0.2) is 48.5 Å². The van der Waals surface area contributed by atoms with Gasteiger partial charge in [-0.2, -0.15) is 5.26 Å². The molecule has 1 N–H and O–H groups in total. The van der Waals surface area contributed by atoms with Crippen molar-refractivity contribution in [2.24, 2.45) is 0 Å². The largest absolute Gasteiger partial charge is 0.216 e. The molecule has 0 aliphatic carbocycles. The summed E-state index contributed by atoms with van der Waals surface area (Å²) in [5.74, 6) is -0.637. The summed E-state index contributed by atoms with van der Waals surface area (Å²) in [6, 6.07) is 14.1. The summed E-state index contributed by atoms with van der Waals surface area (Å²) in [4.78, 5) is 0. The van der Waals surface area contributed by atoms with Crippen molar-refractivity contribution in [1.82, 2.24) is 4.72 Å². The molecule has 0 saturated carbocycles. The maximum Gasteiger partial charge on any atom is 0.216 e. The van der Waals surface area contributed by atoms with Crippen molar-refractivity contribution >= 4 is 10.0 Å². The summed E-state index contributed by atoms with van der Waals surface area (Å²) in [5, 5.41) is 8.95. The number of nitrogens with one attached hydrogen (secondary N) is 1. The van der Waals surface area contributed by atoms with Gasteiger partial charge in [-0.05, 0) is 29.3 Å². The van der Waals surface area contributed by atoms with E-state index in [-0.39, 0.29) is 18.1 Å². The van der Waals surface area contributed by atoms with Gasteiger partial charge in [0.1, 0.15) is 5.82 Å². The van der Waals surface area contributed by atoms with Crippen LogP contribution in [0.25, 0.3) is 0 Å². The second-order valence-electron chi connectivity index (χ2n) is 4.48. The lowest BCUT2D eigenvalue weighted by Crippen LogP contribution is -2.25. The van der Waals surface area contributed by atoms with Crippen molar-refractivity contribution in [3.63, 3.8) is 0 Å². The van der Waals surface area contributed by atoms with Gasteiger partial charge in [-0.1, -0.05) is 30.3 Å². The molecule has 108 valence electrons. The number of rotatable bonds is 5. The van der Waals surface area contributed by atoms with Crippen LogP contribution in [0.3, 0.4) is 0 Å². The summed E-state index contributed by atoms with van der Waals surface area (Å²) in [6.45, 7) is 0.0807. The molecule has 6 heteroatoms. The van der Waals surface area contributed by atoms with Crippen LogP contribution in [0, 0.1) is 17.1 Å². The monoisotopic (exact) mass is 304 g/mol. The van der Waals surface area contributed by atoms with E-state index >= 15 is 0 Å². The van der Waals surface area contributed by atoms with Gasteiger partial charge in [0.15, 0.2) is 0 Å². The average molecular weight is 304 g/mol. The van der Waals surface area contributed by atoms with Gasteiger partial charge in [0.05, 0.1) is 17.4 Å². The molecule has 2 aromatic rings. The SMILES string of the molecule is N#Cc1ccccc1CS(=O)(=O)NCc1ccc(F)cc1. The molecule has 0 spiro atoms. The average Bonchev–Trinajstić information content (AvgIpc) is 2.47. The van der Waals surface area contributed by atoms with E-state index < -0.39 is 10.0 Å². The van der Waals surface area contributed by atoms with Gasteiger partial charge in [0, 0.05) is 6.54 Å². The molecule has 0 fully saturated rings. The molecule has 0 aromatic heterocycles. The summed E-state index contributed by atoms with van der Waals surface area (Å²) < 4.78 is 39.2. The van der Waals surface area contributed by atoms with Crippen molar-refractivity contribution in [3.05, 3.63) is 71.0 Å². The Morgan fingerprint density at radius 2 is 1.76 bits per heavy atom. The summed E-state index contributed by atoms with van der Waals surface area (Å²) >= 11 is 0. The van der Waals surface area contributed by atoms with E-state index in [1.165, 1.54) is 24.3 Å². The maximum absolute atomic E-state index is 12.8. The predicted molar refractivity (Wildman–Crippen MR) is 77.0 cm³/mol. The Hall–Kier alpha value is -2.23. The van der Waals surface area contributed by atoms with Crippen LogP contribution >= 0.6 is 0 Å². The number of hydrogen-bond acceptors (Lipinski definition) is 3. The van der Waals surface area contributed by atoms with E-state index in [1.807, 2.05) is 6.07 Å². The van der Waals surface area contributed by atoms with Crippen LogP contribution in [0.2, 0.25) is 0 Å². The van der Waals surface area contributed by atoms with Gasteiger partial charge in [0.2, 0.25) is 10.0 Å². The number of hydrogen-bond donors (Lipinski definition) is 1. The van der Waals surface area contributed by atoms with Gasteiger partial charge in [-0.15, -0.1) is 0 Å². The number of sulfonamides is 1. The second kappa shape index (κ2) is 6.48. The number of halogens is 1. The summed E-state index contributed by atoms with van der Waals surface area (Å²) in [6.07, 6.45) is 0. The van der Waals surface area contributed by atoms with Crippen LogP contribution in [0.1, 0.15) is 16.7 Å². The molecule has 2 rings (SSSR count). The van der Waals surface area contributed by atoms with E-state index in [2.05, 4.69) is 4.72 Å². The third kappa shape index (κ3) is 4.38. The number of nitrogens with zero attached hydrogens (tertiary/aromatic N) is 1. The first-order valence-corrected chi connectivity index (χ1v) is 7.85. The van der Waals surface area contributed by atoms with Crippen LogP contribution in [-0.2, 0) is 22.3 Å². The molecular formula is C15H13FN2O2S. The highest BCUT2D eigenvalue weighted by atomic mass is 32.2. The van der Waals surface area contributed by atoms with Crippen LogP contribution < -0.4 is 4.72 Å². The minimum Gasteiger partial charge on any atom is -0.212 e. The van der Waals surface area contributed by atoms with Crippen molar-refractivity contribution in [2.45, 2.75) is 12.3 Å². The first kappa shape index (κ1) is 15.2. The summed E-state index contributed by atoms with van der Waals surface area (Å²) in [7, 11) is -3.57. The molecule has 0 aliphatic heterocycles. The zero-order valence-corrected chi connectivity index (χ0v) is 11.9. The highest BCUT2D eigenvalue weighted by molar-refractivity contribution is 7.88. The Labute approximate surface area is 122 Å². The molecule has 0 aliphatic rings. The Balaban J connectivity index is 2.05. The van der Waals surface area contributed by atoms with Gasteiger partial charge in [-0.25, -0.2) is 17.5 Å². The molecule has 0 bridgehead atoms. The number of benzene rings is 2. The third-order valence-electron chi connectivity index (χ3n) is 2.89. The van der Waals surface area contributed by atoms with Gasteiger partial charge < -0.3 is 0 Å². The molecule has 0 heterocycles. The predicted octanol–water partition coefficient (Wildman–Crippen LogP) is 2.32. The highest BCUT2D eigenvalue weighted by Crippen LogP contribution is 2.11. The topological polar surface area (TPSA) is 70.0 Å². The van der Waals surface area contributed by atoms with Crippen LogP contribution in [-0.4, -0.2) is 8.42 Å². The molecule has 4 nitrogen and oxygen atoms in total. The standard InChI is InChI=1S/C15H13FN2O2S/c16-15-7-5-12(6-8-15)10-18-21(19,20)11-14-4-2-1-3-13(14)9-17/h1-8,18H,10-11H2. The van der Waals surface area contributed by atoms with Crippen LogP contribution in [0.4, 0.5) is 4.39 Å². The normalized spacial score (nSPS) is 11.0. The minimum atomic E-state index is -3.57. The smallest absolute Gasteiger partial charge is 0.212 e. The molecule has 0 amide bonds. The van der Waals surface area contributed by atoms with Crippen molar-refractivity contribution in [1.29, 1.82) is 5.26 Å². The molecule has 21 heavy (non-hydrogen) atoms. The number of nitriles is 1. The first-order chi connectivity index (χ1) is 10.00. The van der Waals surface area contributed by atoms with E-state index in [1.54, 1.807) is 24.3 Å². The van der Waals surface area contributed by atoms with Crippen molar-refractivity contribution in [3.8, 4) is 6.07 Å². The molecular weight excluding hydrogens is 291 g/mol. The quantitative estimate of drug-likeness (QED) is 0.921. The lowest BCUT2D eigenvalue weighted by atomic mass is 10.1. The van der Waals surface area contributed by atoms with E-state index in [9.17, 15) is 12.8 Å².